The maximum absolute atomic E-state index is 6.37. The summed E-state index contributed by atoms with van der Waals surface area (Å²) >= 11 is 0. The molecule has 0 aliphatic rings. The average Bonchev–Trinajstić information content (AvgIpc) is 2.73. The predicted octanol–water partition coefficient (Wildman–Crippen LogP) is 6.01. The van der Waals surface area contributed by atoms with E-state index < -0.39 is 0 Å². The molecule has 0 aliphatic heterocycles. The second-order valence-corrected chi connectivity index (χ2v) is 6.56. The molecule has 0 fully saturated rings. The van der Waals surface area contributed by atoms with Gasteiger partial charge in [-0.1, -0.05) is 54.6 Å². The average molecular weight is 366 g/mol. The van der Waals surface area contributed by atoms with Crippen molar-refractivity contribution in [3.63, 3.8) is 0 Å². The highest BCUT2D eigenvalue weighted by atomic mass is 15.0. The Morgan fingerprint density at radius 3 is 1.61 bits per heavy atom. The fourth-order valence-corrected chi connectivity index (χ4v) is 3.12. The lowest BCUT2D eigenvalue weighted by Gasteiger charge is -2.20. The van der Waals surface area contributed by atoms with E-state index in [4.69, 9.17) is 11.5 Å². The van der Waals surface area contributed by atoms with E-state index in [0.717, 1.165) is 39.6 Å². The minimum atomic E-state index is 0.668. The molecule has 4 nitrogen and oxygen atoms in total. The van der Waals surface area contributed by atoms with Crippen molar-refractivity contribution in [3.8, 4) is 11.1 Å². The van der Waals surface area contributed by atoms with E-state index in [9.17, 15) is 0 Å². The molecule has 138 valence electrons. The number of hydrogen-bond acceptors (Lipinski definition) is 4. The summed E-state index contributed by atoms with van der Waals surface area (Å²) < 4.78 is 0. The number of nitrogens with one attached hydrogen (secondary N) is 2. The van der Waals surface area contributed by atoms with Crippen LogP contribution < -0.4 is 22.1 Å². The van der Waals surface area contributed by atoms with Crippen molar-refractivity contribution in [2.45, 2.75) is 0 Å². The van der Waals surface area contributed by atoms with E-state index in [1.54, 1.807) is 0 Å². The summed E-state index contributed by atoms with van der Waals surface area (Å²) in [6.07, 6.45) is 0. The van der Waals surface area contributed by atoms with E-state index in [2.05, 4.69) is 10.6 Å². The maximum Gasteiger partial charge on any atom is 0.0863 e. The first kappa shape index (κ1) is 17.5. The molecule has 0 atom stereocenters. The van der Waals surface area contributed by atoms with Crippen molar-refractivity contribution < 1.29 is 0 Å². The molecule has 4 aromatic rings. The molecular weight excluding hydrogens is 344 g/mol. The van der Waals surface area contributed by atoms with Gasteiger partial charge in [0.2, 0.25) is 0 Å². The van der Waals surface area contributed by atoms with Crippen molar-refractivity contribution in [1.29, 1.82) is 0 Å². The van der Waals surface area contributed by atoms with Crippen LogP contribution in [0.5, 0.6) is 0 Å². The lowest BCUT2D eigenvalue weighted by atomic mass is 10.0. The first-order valence-corrected chi connectivity index (χ1v) is 9.13. The van der Waals surface area contributed by atoms with Crippen LogP contribution in [0.3, 0.4) is 0 Å². The summed E-state index contributed by atoms with van der Waals surface area (Å²) in [6.45, 7) is 0. The second kappa shape index (κ2) is 7.76. The molecule has 0 saturated carbocycles. The summed E-state index contributed by atoms with van der Waals surface area (Å²) in [4.78, 5) is 0. The molecule has 28 heavy (non-hydrogen) atoms. The molecule has 0 aliphatic carbocycles. The highest BCUT2D eigenvalue weighted by molar-refractivity contribution is 5.97. The molecule has 0 bridgehead atoms. The Labute approximate surface area is 164 Å². The van der Waals surface area contributed by atoms with Crippen molar-refractivity contribution in [2.75, 3.05) is 22.1 Å². The Kier molecular flexibility index (Phi) is 4.85. The van der Waals surface area contributed by atoms with Gasteiger partial charge in [-0.3, -0.25) is 0 Å². The Bertz CT molecular complexity index is 1060. The molecule has 0 unspecified atom stereocenters. The van der Waals surface area contributed by atoms with Crippen LogP contribution in [0.25, 0.3) is 11.1 Å². The van der Waals surface area contributed by atoms with E-state index in [0.29, 0.717) is 5.69 Å². The number of benzene rings is 4. The molecular formula is C24H22N4. The zero-order chi connectivity index (χ0) is 19.3. The molecule has 0 amide bonds. The minimum Gasteiger partial charge on any atom is -0.399 e. The third-order valence-electron chi connectivity index (χ3n) is 4.55. The Morgan fingerprint density at radius 2 is 1.04 bits per heavy atom. The second-order valence-electron chi connectivity index (χ2n) is 6.56. The molecule has 0 heterocycles. The quantitative estimate of drug-likeness (QED) is 0.327. The normalized spacial score (nSPS) is 10.4. The van der Waals surface area contributed by atoms with Crippen LogP contribution in [0, 0.1) is 0 Å². The summed E-state index contributed by atoms with van der Waals surface area (Å²) in [6, 6.07) is 31.9. The highest BCUT2D eigenvalue weighted by Gasteiger charge is 2.14. The van der Waals surface area contributed by atoms with Gasteiger partial charge in [0.05, 0.1) is 17.1 Å². The molecule has 0 radical (unpaired) electrons. The summed E-state index contributed by atoms with van der Waals surface area (Å²) in [5, 5.41) is 7.01. The van der Waals surface area contributed by atoms with Crippen LogP contribution in [0.1, 0.15) is 0 Å². The summed E-state index contributed by atoms with van der Waals surface area (Å²) in [5.41, 5.74) is 19.5. The minimum absolute atomic E-state index is 0.668. The van der Waals surface area contributed by atoms with Crippen LogP contribution in [-0.2, 0) is 0 Å². The highest BCUT2D eigenvalue weighted by Crippen LogP contribution is 2.41. The van der Waals surface area contributed by atoms with Crippen LogP contribution in [0.15, 0.2) is 97.1 Å². The maximum atomic E-state index is 6.37. The number of nitrogens with two attached hydrogens (primary N) is 2. The van der Waals surface area contributed by atoms with Gasteiger partial charge in [-0.25, -0.2) is 0 Å². The molecule has 0 spiro atoms. The van der Waals surface area contributed by atoms with Crippen LogP contribution in [0.4, 0.5) is 34.1 Å². The van der Waals surface area contributed by atoms with Gasteiger partial charge >= 0.3 is 0 Å². The van der Waals surface area contributed by atoms with Gasteiger partial charge < -0.3 is 22.1 Å². The fraction of sp³-hybridized carbons (Fsp3) is 0. The summed E-state index contributed by atoms with van der Waals surface area (Å²) in [5.74, 6) is 0. The first-order valence-electron chi connectivity index (χ1n) is 9.13. The zero-order valence-electron chi connectivity index (χ0n) is 15.4. The Hall–Kier alpha value is -3.92. The van der Waals surface area contributed by atoms with Gasteiger partial charge in [0.15, 0.2) is 0 Å². The van der Waals surface area contributed by atoms with Crippen molar-refractivity contribution >= 4 is 34.1 Å². The largest absolute Gasteiger partial charge is 0.399 e. The Morgan fingerprint density at radius 1 is 0.500 bits per heavy atom. The number of anilines is 6. The Balaban J connectivity index is 1.85. The predicted molar refractivity (Wildman–Crippen MR) is 120 cm³/mol. The molecule has 0 aromatic heterocycles. The lowest BCUT2D eigenvalue weighted by Crippen LogP contribution is -2.03. The van der Waals surface area contributed by atoms with E-state index in [1.165, 1.54) is 0 Å². The number of hydrogen-bond donors (Lipinski definition) is 4. The van der Waals surface area contributed by atoms with Gasteiger partial charge in [-0.05, 0) is 48.0 Å². The lowest BCUT2D eigenvalue weighted by molar-refractivity contribution is 1.49. The van der Waals surface area contributed by atoms with Crippen molar-refractivity contribution in [1.82, 2.24) is 0 Å². The van der Waals surface area contributed by atoms with Crippen molar-refractivity contribution in [2.24, 2.45) is 0 Å². The molecule has 0 saturated heterocycles. The third-order valence-corrected chi connectivity index (χ3v) is 4.55. The monoisotopic (exact) mass is 366 g/mol. The number of para-hydroxylation sites is 2. The van der Waals surface area contributed by atoms with Gasteiger partial charge in [0.25, 0.3) is 0 Å². The van der Waals surface area contributed by atoms with Crippen LogP contribution in [0.2, 0.25) is 0 Å². The zero-order valence-corrected chi connectivity index (χ0v) is 15.4. The third kappa shape index (κ3) is 3.76. The van der Waals surface area contributed by atoms with Gasteiger partial charge in [-0.15, -0.1) is 0 Å². The van der Waals surface area contributed by atoms with E-state index >= 15 is 0 Å². The first-order chi connectivity index (χ1) is 13.7. The number of nitrogen functional groups attached to an aromatic ring is 2. The van der Waals surface area contributed by atoms with Gasteiger partial charge in [0.1, 0.15) is 0 Å². The standard InChI is InChI=1S/C24H22N4/c25-18-13-11-17(12-14-18)21-15-16-22(26)24(28-20-9-5-2-6-10-20)23(21)27-19-7-3-1-4-8-19/h1-16,27-28H,25-26H2. The SMILES string of the molecule is Nc1ccc(-c2ccc(N)c(Nc3ccccc3)c2Nc2ccccc2)cc1. The van der Waals surface area contributed by atoms with E-state index in [1.807, 2.05) is 97.1 Å². The van der Waals surface area contributed by atoms with E-state index in [-0.39, 0.29) is 0 Å². The molecule has 4 aromatic carbocycles. The molecule has 6 N–H and O–H groups in total. The van der Waals surface area contributed by atoms with Gasteiger partial charge in [0, 0.05) is 22.6 Å². The topological polar surface area (TPSA) is 76.1 Å². The summed E-state index contributed by atoms with van der Waals surface area (Å²) in [7, 11) is 0. The fourth-order valence-electron chi connectivity index (χ4n) is 3.12. The van der Waals surface area contributed by atoms with Crippen LogP contribution >= 0.6 is 0 Å². The molecule has 4 heteroatoms. The smallest absolute Gasteiger partial charge is 0.0863 e. The van der Waals surface area contributed by atoms with Crippen molar-refractivity contribution in [3.05, 3.63) is 97.1 Å². The van der Waals surface area contributed by atoms with Crippen LogP contribution in [-0.4, -0.2) is 0 Å². The van der Waals surface area contributed by atoms with Gasteiger partial charge in [-0.2, -0.15) is 0 Å². The molecule has 4 rings (SSSR count). The number of rotatable bonds is 5.